The van der Waals surface area contributed by atoms with Gasteiger partial charge in [-0.2, -0.15) is 0 Å². The van der Waals surface area contributed by atoms with Crippen LogP contribution in [0.1, 0.15) is 18.4 Å². The summed E-state index contributed by atoms with van der Waals surface area (Å²) in [6.07, 6.45) is -2.91. The molecule has 0 amide bonds. The van der Waals surface area contributed by atoms with Crippen molar-refractivity contribution < 1.29 is 27.4 Å². The largest absolute Gasteiger partial charge is 0.573 e. The molecular formula is C17H20F3NO3. The van der Waals surface area contributed by atoms with Crippen LogP contribution in [0.3, 0.4) is 0 Å². The van der Waals surface area contributed by atoms with Crippen molar-refractivity contribution in [3.05, 3.63) is 29.8 Å². The highest BCUT2D eigenvalue weighted by atomic mass is 19.4. The molecule has 0 aromatic heterocycles. The van der Waals surface area contributed by atoms with Crippen molar-refractivity contribution in [1.82, 2.24) is 4.90 Å². The van der Waals surface area contributed by atoms with Crippen molar-refractivity contribution in [3.63, 3.8) is 0 Å². The molecule has 2 fully saturated rings. The van der Waals surface area contributed by atoms with E-state index in [1.54, 1.807) is 0 Å². The van der Waals surface area contributed by atoms with Crippen LogP contribution in [0.2, 0.25) is 0 Å². The Balaban J connectivity index is 1.59. The summed E-state index contributed by atoms with van der Waals surface area (Å²) in [6.45, 7) is 1.31. The van der Waals surface area contributed by atoms with Gasteiger partial charge in [-0.15, -0.1) is 13.2 Å². The molecule has 2 heterocycles. The Kier molecular flexibility index (Phi) is 4.83. The van der Waals surface area contributed by atoms with Crippen molar-refractivity contribution in [1.29, 1.82) is 0 Å². The second kappa shape index (κ2) is 6.72. The van der Waals surface area contributed by atoms with E-state index >= 15 is 0 Å². The second-order valence-corrected chi connectivity index (χ2v) is 6.51. The summed E-state index contributed by atoms with van der Waals surface area (Å²) < 4.78 is 45.8. The number of likely N-dealkylation sites (N-methyl/N-ethyl adjacent to an activating group) is 1. The predicted octanol–water partition coefficient (Wildman–Crippen LogP) is 2.81. The first-order chi connectivity index (χ1) is 11.3. The zero-order valence-electron chi connectivity index (χ0n) is 13.4. The number of hydrogen-bond donors (Lipinski definition) is 0. The average molecular weight is 343 g/mol. The van der Waals surface area contributed by atoms with E-state index in [1.807, 2.05) is 0 Å². The van der Waals surface area contributed by atoms with E-state index in [2.05, 4.69) is 16.7 Å². The molecule has 0 aliphatic carbocycles. The Bertz CT molecular complexity index is 574. The third-order valence-electron chi connectivity index (χ3n) is 4.88. The van der Waals surface area contributed by atoms with Gasteiger partial charge >= 0.3 is 6.36 Å². The van der Waals surface area contributed by atoms with Gasteiger partial charge in [-0.25, -0.2) is 0 Å². The molecule has 0 radical (unpaired) electrons. The number of ether oxygens (including phenoxy) is 2. The van der Waals surface area contributed by atoms with Crippen LogP contribution < -0.4 is 4.74 Å². The van der Waals surface area contributed by atoms with Crippen LogP contribution >= 0.6 is 0 Å². The molecule has 1 aromatic carbocycles. The summed E-state index contributed by atoms with van der Waals surface area (Å²) in [5.74, 6) is -0.139. The molecule has 4 nitrogen and oxygen atoms in total. The van der Waals surface area contributed by atoms with E-state index < -0.39 is 6.36 Å². The van der Waals surface area contributed by atoms with Gasteiger partial charge in [-0.1, -0.05) is 12.1 Å². The number of nitrogens with zero attached hydrogens (tertiary/aromatic N) is 1. The Hall–Kier alpha value is -1.60. The lowest BCUT2D eigenvalue weighted by atomic mass is 9.81. The number of Topliss-reactive ketones (excluding diaryl/α,β-unsaturated/α-hetero) is 1. The first-order valence-electron chi connectivity index (χ1n) is 7.99. The Morgan fingerprint density at radius 1 is 1.21 bits per heavy atom. The lowest BCUT2D eigenvalue weighted by molar-refractivity contribution is -0.274. The summed E-state index contributed by atoms with van der Waals surface area (Å²) in [7, 11) is 2.07. The van der Waals surface area contributed by atoms with Gasteiger partial charge in [0.25, 0.3) is 0 Å². The highest BCUT2D eigenvalue weighted by Crippen LogP contribution is 2.31. The SMILES string of the molecule is CN1C2COCC1CC(C(=O)Cc1ccc(OC(F)(F)F)cc1)C2. The number of carbonyl (C=O) groups is 1. The maximum atomic E-state index is 12.5. The maximum absolute atomic E-state index is 12.5. The van der Waals surface area contributed by atoms with E-state index in [-0.39, 0.29) is 36.0 Å². The van der Waals surface area contributed by atoms with Crippen molar-refractivity contribution in [3.8, 4) is 5.75 Å². The van der Waals surface area contributed by atoms with Gasteiger partial charge in [-0.05, 0) is 37.6 Å². The average Bonchev–Trinajstić information content (AvgIpc) is 2.47. The molecule has 24 heavy (non-hydrogen) atoms. The molecule has 7 heteroatoms. The van der Waals surface area contributed by atoms with Crippen molar-refractivity contribution in [2.45, 2.75) is 37.7 Å². The summed E-state index contributed by atoms with van der Waals surface area (Å²) in [6, 6.07) is 6.05. The fraction of sp³-hybridized carbons (Fsp3) is 0.588. The molecule has 2 unspecified atom stereocenters. The molecule has 2 saturated heterocycles. The van der Waals surface area contributed by atoms with E-state index in [0.717, 1.165) is 12.8 Å². The zero-order chi connectivity index (χ0) is 17.3. The molecule has 1 aromatic rings. The molecule has 2 bridgehead atoms. The van der Waals surface area contributed by atoms with Crippen molar-refractivity contribution >= 4 is 5.78 Å². The molecule has 0 spiro atoms. The smallest absolute Gasteiger partial charge is 0.406 e. The fourth-order valence-corrected chi connectivity index (χ4v) is 3.51. The van der Waals surface area contributed by atoms with Gasteiger partial charge in [0.15, 0.2) is 0 Å². The number of rotatable bonds is 4. The predicted molar refractivity (Wildman–Crippen MR) is 80.7 cm³/mol. The van der Waals surface area contributed by atoms with Crippen LogP contribution in [0.4, 0.5) is 13.2 Å². The van der Waals surface area contributed by atoms with Gasteiger partial charge in [0, 0.05) is 24.4 Å². The summed E-state index contributed by atoms with van der Waals surface area (Å²) in [5, 5.41) is 0. The summed E-state index contributed by atoms with van der Waals surface area (Å²) >= 11 is 0. The molecule has 2 aliphatic heterocycles. The topological polar surface area (TPSA) is 38.8 Å². The van der Waals surface area contributed by atoms with Crippen LogP contribution in [-0.4, -0.2) is 49.4 Å². The van der Waals surface area contributed by atoms with E-state index in [4.69, 9.17) is 4.74 Å². The van der Waals surface area contributed by atoms with Crippen LogP contribution in [0.25, 0.3) is 0 Å². The highest BCUT2D eigenvalue weighted by molar-refractivity contribution is 5.83. The van der Waals surface area contributed by atoms with Gasteiger partial charge in [0.1, 0.15) is 11.5 Å². The number of hydrogen-bond acceptors (Lipinski definition) is 4. The molecule has 132 valence electrons. The van der Waals surface area contributed by atoms with Crippen molar-refractivity contribution in [2.75, 3.05) is 20.3 Å². The summed E-state index contributed by atoms with van der Waals surface area (Å²) in [5.41, 5.74) is 0.704. The van der Waals surface area contributed by atoms with Gasteiger partial charge in [0.2, 0.25) is 0 Å². The number of morpholine rings is 1. The number of fused-ring (bicyclic) bond motifs is 2. The van der Waals surface area contributed by atoms with E-state index in [0.29, 0.717) is 18.8 Å². The zero-order valence-corrected chi connectivity index (χ0v) is 13.4. The number of carbonyl (C=O) groups excluding carboxylic acids is 1. The number of halogens is 3. The normalized spacial score (nSPS) is 27.8. The van der Waals surface area contributed by atoms with Gasteiger partial charge < -0.3 is 9.47 Å². The molecule has 0 N–H and O–H groups in total. The molecule has 2 atom stereocenters. The fourth-order valence-electron chi connectivity index (χ4n) is 3.51. The number of piperidine rings is 1. The van der Waals surface area contributed by atoms with Gasteiger partial charge in [-0.3, -0.25) is 9.69 Å². The number of ketones is 1. The van der Waals surface area contributed by atoms with Gasteiger partial charge in [0.05, 0.1) is 13.2 Å². The lowest BCUT2D eigenvalue weighted by Crippen LogP contribution is -2.55. The van der Waals surface area contributed by atoms with Crippen LogP contribution in [-0.2, 0) is 16.0 Å². The number of alkyl halides is 3. The third-order valence-corrected chi connectivity index (χ3v) is 4.88. The van der Waals surface area contributed by atoms with E-state index in [1.165, 1.54) is 24.3 Å². The monoisotopic (exact) mass is 343 g/mol. The Morgan fingerprint density at radius 3 is 2.33 bits per heavy atom. The van der Waals surface area contributed by atoms with Crippen LogP contribution in [0.5, 0.6) is 5.75 Å². The minimum absolute atomic E-state index is 0.00815. The standard InChI is InChI=1S/C17H20F3NO3/c1-21-13-7-12(8-14(21)10-23-9-13)16(22)6-11-2-4-15(5-3-11)24-17(18,19)20/h2-5,12-14H,6-10H2,1H3. The van der Waals surface area contributed by atoms with Crippen LogP contribution in [0, 0.1) is 5.92 Å². The minimum atomic E-state index is -4.70. The highest BCUT2D eigenvalue weighted by Gasteiger charge is 2.39. The Labute approximate surface area is 138 Å². The Morgan fingerprint density at radius 2 is 1.79 bits per heavy atom. The first kappa shape index (κ1) is 17.2. The van der Waals surface area contributed by atoms with E-state index in [9.17, 15) is 18.0 Å². The molecule has 2 aliphatic rings. The van der Waals surface area contributed by atoms with Crippen molar-refractivity contribution in [2.24, 2.45) is 5.92 Å². The lowest BCUT2D eigenvalue weighted by Gasteiger charge is -2.46. The summed E-state index contributed by atoms with van der Waals surface area (Å²) in [4.78, 5) is 14.8. The molecular weight excluding hydrogens is 323 g/mol. The van der Waals surface area contributed by atoms with Crippen LogP contribution in [0.15, 0.2) is 24.3 Å². The molecule has 0 saturated carbocycles. The first-order valence-corrected chi connectivity index (χ1v) is 7.99. The quantitative estimate of drug-likeness (QED) is 0.843. The second-order valence-electron chi connectivity index (χ2n) is 6.51. The number of benzene rings is 1. The minimum Gasteiger partial charge on any atom is -0.406 e. The molecule has 3 rings (SSSR count). The maximum Gasteiger partial charge on any atom is 0.573 e. The third kappa shape index (κ3) is 4.08.